The van der Waals surface area contributed by atoms with Crippen LogP contribution in [0.2, 0.25) is 0 Å². The van der Waals surface area contributed by atoms with Gasteiger partial charge in [0.2, 0.25) is 11.7 Å². The number of thioether (sulfide) groups is 2. The molecule has 160 valence electrons. The number of anilines is 1. The van der Waals surface area contributed by atoms with Crippen LogP contribution in [-0.4, -0.2) is 52.9 Å². The number of aromatic nitrogens is 5. The van der Waals surface area contributed by atoms with Gasteiger partial charge in [-0.2, -0.15) is 0 Å². The van der Waals surface area contributed by atoms with Gasteiger partial charge in [0.25, 0.3) is 0 Å². The van der Waals surface area contributed by atoms with E-state index in [0.29, 0.717) is 23.0 Å². The fraction of sp³-hybridized carbons (Fsp3) is 0.300. The van der Waals surface area contributed by atoms with Crippen LogP contribution in [0.3, 0.4) is 0 Å². The van der Waals surface area contributed by atoms with Gasteiger partial charge in [0.05, 0.1) is 5.69 Å². The molecule has 1 N–H and O–H groups in total. The lowest BCUT2D eigenvalue weighted by molar-refractivity contribution is -0.114. The van der Waals surface area contributed by atoms with Crippen LogP contribution in [0.25, 0.3) is 0 Å². The van der Waals surface area contributed by atoms with E-state index in [1.54, 1.807) is 36.6 Å². The minimum atomic E-state index is -0.0894. The van der Waals surface area contributed by atoms with Crippen LogP contribution in [0.15, 0.2) is 53.7 Å². The fourth-order valence-corrected chi connectivity index (χ4v) is 5.48. The first-order valence-electron chi connectivity index (χ1n) is 9.69. The van der Waals surface area contributed by atoms with E-state index >= 15 is 0 Å². The smallest absolute Gasteiger partial charge is 0.248 e. The minimum Gasteiger partial charge on any atom is -0.389 e. The Morgan fingerprint density at radius 3 is 2.74 bits per heavy atom. The average molecular weight is 456 g/mol. The summed E-state index contributed by atoms with van der Waals surface area (Å²) in [5.74, 6) is 2.98. The normalized spacial score (nSPS) is 14.9. The summed E-state index contributed by atoms with van der Waals surface area (Å²) in [7, 11) is 1.74. The van der Waals surface area contributed by atoms with Gasteiger partial charge in [0, 0.05) is 12.6 Å². The summed E-state index contributed by atoms with van der Waals surface area (Å²) in [5, 5.41) is 18.8. The van der Waals surface area contributed by atoms with E-state index in [9.17, 15) is 4.79 Å². The number of hydrogen-bond donors (Lipinski definition) is 1. The van der Waals surface area contributed by atoms with E-state index in [1.807, 2.05) is 42.5 Å². The highest BCUT2D eigenvalue weighted by Gasteiger charge is 2.22. The molecule has 0 aliphatic carbocycles. The molecular formula is C20H21N7O2S2. The van der Waals surface area contributed by atoms with Crippen molar-refractivity contribution in [3.63, 3.8) is 0 Å². The van der Waals surface area contributed by atoms with Crippen LogP contribution in [0.1, 0.15) is 23.5 Å². The number of aryl methyl sites for hydroxylation is 1. The van der Waals surface area contributed by atoms with E-state index in [0.717, 1.165) is 23.5 Å². The Kier molecular flexibility index (Phi) is 7.15. The molecule has 3 aromatic rings. The molecule has 0 saturated carbocycles. The van der Waals surface area contributed by atoms with Gasteiger partial charge in [-0.3, -0.25) is 4.79 Å². The molecule has 1 fully saturated rings. The van der Waals surface area contributed by atoms with Gasteiger partial charge >= 0.3 is 0 Å². The highest BCUT2D eigenvalue weighted by molar-refractivity contribution is 8.18. The van der Waals surface area contributed by atoms with Gasteiger partial charge in [-0.05, 0) is 40.5 Å². The number of tetrazole rings is 1. The Labute approximate surface area is 188 Å². The molecular weight excluding hydrogens is 434 g/mol. The molecule has 2 aromatic heterocycles. The third-order valence-corrected chi connectivity index (χ3v) is 7.25. The Morgan fingerprint density at radius 2 is 2.00 bits per heavy atom. The maximum Gasteiger partial charge on any atom is 0.248 e. The SMILES string of the molecule is Cn1nnnc1C(=NOCc1cccc(NC(=O)C2SCCCS2)n1)c1ccccc1. The number of nitrogens with zero attached hydrogens (tertiary/aromatic N) is 6. The van der Waals surface area contributed by atoms with Crippen LogP contribution in [0.5, 0.6) is 0 Å². The van der Waals surface area contributed by atoms with Crippen LogP contribution in [0.4, 0.5) is 5.82 Å². The number of hydrogen-bond acceptors (Lipinski definition) is 9. The summed E-state index contributed by atoms with van der Waals surface area (Å²) >= 11 is 3.34. The molecule has 31 heavy (non-hydrogen) atoms. The number of oxime groups is 1. The molecule has 0 radical (unpaired) electrons. The highest BCUT2D eigenvalue weighted by atomic mass is 32.2. The predicted octanol–water partition coefficient (Wildman–Crippen LogP) is 2.71. The first-order valence-corrected chi connectivity index (χ1v) is 11.8. The van der Waals surface area contributed by atoms with Crippen molar-refractivity contribution < 1.29 is 9.63 Å². The summed E-state index contributed by atoms with van der Waals surface area (Å²) in [5.41, 5.74) is 2.00. The van der Waals surface area contributed by atoms with Crippen LogP contribution >= 0.6 is 23.5 Å². The lowest BCUT2D eigenvalue weighted by atomic mass is 10.1. The molecule has 1 aliphatic rings. The molecule has 1 aromatic carbocycles. The van der Waals surface area contributed by atoms with Gasteiger partial charge in [-0.1, -0.05) is 41.6 Å². The second-order valence-corrected chi connectivity index (χ2v) is 9.36. The Morgan fingerprint density at radius 1 is 1.19 bits per heavy atom. The van der Waals surface area contributed by atoms with E-state index < -0.39 is 0 Å². The van der Waals surface area contributed by atoms with E-state index in [1.165, 1.54) is 4.68 Å². The molecule has 3 heterocycles. The van der Waals surface area contributed by atoms with Crippen LogP contribution in [-0.2, 0) is 23.3 Å². The summed E-state index contributed by atoms with van der Waals surface area (Å²) in [6.45, 7) is 0.137. The first kappa shape index (κ1) is 21.3. The molecule has 9 nitrogen and oxygen atoms in total. The maximum atomic E-state index is 12.4. The Hall–Kier alpha value is -2.92. The number of carbonyl (C=O) groups is 1. The van der Waals surface area contributed by atoms with Crippen molar-refractivity contribution in [1.29, 1.82) is 0 Å². The number of benzene rings is 1. The second kappa shape index (κ2) is 10.4. The molecule has 11 heteroatoms. The summed E-state index contributed by atoms with van der Waals surface area (Å²) in [6.07, 6.45) is 1.14. The molecule has 1 amide bonds. The van der Waals surface area contributed by atoms with Gasteiger partial charge in [-0.15, -0.1) is 28.6 Å². The standard InChI is InChI=1S/C20H21N7O2S2/c1-27-18(23-25-26-27)17(14-7-3-2-4-8-14)24-29-13-15-9-5-10-16(21-15)22-19(28)20-30-11-6-12-31-20/h2-5,7-10,20H,6,11-13H2,1H3,(H,21,22,28). The molecule has 0 spiro atoms. The summed E-state index contributed by atoms with van der Waals surface area (Å²) < 4.78 is 1.44. The highest BCUT2D eigenvalue weighted by Crippen LogP contribution is 2.31. The number of pyridine rings is 1. The zero-order chi connectivity index (χ0) is 21.5. The second-order valence-electron chi connectivity index (χ2n) is 6.64. The van der Waals surface area contributed by atoms with Gasteiger partial charge in [-0.25, -0.2) is 9.67 Å². The number of carbonyl (C=O) groups excluding carboxylic acids is 1. The Balaban J connectivity index is 1.44. The third kappa shape index (κ3) is 5.61. The zero-order valence-corrected chi connectivity index (χ0v) is 18.5. The van der Waals surface area contributed by atoms with Crippen LogP contribution in [0, 0.1) is 0 Å². The van der Waals surface area contributed by atoms with Crippen molar-refractivity contribution in [2.24, 2.45) is 12.2 Å². The monoisotopic (exact) mass is 455 g/mol. The number of rotatable bonds is 7. The Bertz CT molecular complexity index is 1050. The zero-order valence-electron chi connectivity index (χ0n) is 16.8. The largest absolute Gasteiger partial charge is 0.389 e. The number of amides is 1. The topological polar surface area (TPSA) is 107 Å². The van der Waals surface area contributed by atoms with Crippen molar-refractivity contribution in [1.82, 2.24) is 25.2 Å². The fourth-order valence-electron chi connectivity index (χ4n) is 2.87. The minimum absolute atomic E-state index is 0.0283. The molecule has 1 saturated heterocycles. The van der Waals surface area contributed by atoms with Gasteiger partial charge in [0.15, 0.2) is 12.3 Å². The molecule has 0 atom stereocenters. The quantitative estimate of drug-likeness (QED) is 0.428. The molecule has 0 bridgehead atoms. The van der Waals surface area contributed by atoms with Crippen molar-refractivity contribution in [2.45, 2.75) is 17.6 Å². The van der Waals surface area contributed by atoms with Crippen molar-refractivity contribution in [2.75, 3.05) is 16.8 Å². The molecule has 4 rings (SSSR count). The lowest BCUT2D eigenvalue weighted by Gasteiger charge is -2.19. The molecule has 1 aliphatic heterocycles. The molecule has 0 unspecified atom stereocenters. The first-order chi connectivity index (χ1) is 15.2. The summed E-state index contributed by atoms with van der Waals surface area (Å²) in [6, 6.07) is 15.0. The number of nitrogens with one attached hydrogen (secondary N) is 1. The van der Waals surface area contributed by atoms with Crippen molar-refractivity contribution >= 4 is 41.0 Å². The van der Waals surface area contributed by atoms with Gasteiger partial charge in [0.1, 0.15) is 10.4 Å². The summed E-state index contributed by atoms with van der Waals surface area (Å²) in [4.78, 5) is 22.5. The van der Waals surface area contributed by atoms with Gasteiger partial charge < -0.3 is 10.2 Å². The van der Waals surface area contributed by atoms with E-state index in [2.05, 4.69) is 31.0 Å². The van der Waals surface area contributed by atoms with Crippen LogP contribution < -0.4 is 5.32 Å². The average Bonchev–Trinajstić information content (AvgIpc) is 3.23. The van der Waals surface area contributed by atoms with E-state index in [-0.39, 0.29) is 17.1 Å². The van der Waals surface area contributed by atoms with Crippen molar-refractivity contribution in [3.8, 4) is 0 Å². The predicted molar refractivity (Wildman–Crippen MR) is 122 cm³/mol. The van der Waals surface area contributed by atoms with Crippen molar-refractivity contribution in [3.05, 3.63) is 65.6 Å². The van der Waals surface area contributed by atoms with E-state index in [4.69, 9.17) is 4.84 Å². The lowest BCUT2D eigenvalue weighted by Crippen LogP contribution is -2.25. The maximum absolute atomic E-state index is 12.4. The third-order valence-electron chi connectivity index (χ3n) is 4.35.